The second kappa shape index (κ2) is 12.1. The van der Waals surface area contributed by atoms with Crippen LogP contribution in [-0.2, 0) is 5.41 Å². The second-order valence-electron chi connectivity index (χ2n) is 14.9. The monoisotopic (exact) mass is 693 g/mol. The number of anilines is 3. The van der Waals surface area contributed by atoms with Gasteiger partial charge in [0.1, 0.15) is 0 Å². The molecule has 1 heterocycles. The predicted octanol–water partition coefficient (Wildman–Crippen LogP) is 12.9. The molecule has 0 spiro atoms. The van der Waals surface area contributed by atoms with Crippen molar-refractivity contribution in [1.29, 1.82) is 0 Å². The molecule has 0 saturated carbocycles. The van der Waals surface area contributed by atoms with Crippen LogP contribution in [0.3, 0.4) is 0 Å². The molecule has 54 heavy (non-hydrogen) atoms. The van der Waals surface area contributed by atoms with E-state index in [1.165, 1.54) is 11.1 Å². The molecule has 0 saturated heterocycles. The third kappa shape index (κ3) is 4.97. The fourth-order valence-electron chi connectivity index (χ4n) is 8.65. The summed E-state index contributed by atoms with van der Waals surface area (Å²) in [5.74, 6) is -0.431. The molecule has 0 amide bonds. The Hall–Kier alpha value is -6.84. The first kappa shape index (κ1) is 31.9. The molecule has 0 fully saturated rings. The first-order valence-corrected chi connectivity index (χ1v) is 18.4. The number of ketones is 2. The van der Waals surface area contributed by atoms with E-state index in [-0.39, 0.29) is 22.6 Å². The van der Waals surface area contributed by atoms with Gasteiger partial charge in [0, 0.05) is 22.2 Å². The largest absolute Gasteiger partial charge is 0.310 e. The predicted molar refractivity (Wildman–Crippen MR) is 222 cm³/mol. The summed E-state index contributed by atoms with van der Waals surface area (Å²) in [7, 11) is 0. The summed E-state index contributed by atoms with van der Waals surface area (Å²) in [5.41, 5.74) is 12.2. The van der Waals surface area contributed by atoms with Crippen LogP contribution >= 0.6 is 0 Å². The summed E-state index contributed by atoms with van der Waals surface area (Å²) in [6.07, 6.45) is 1.77. The number of rotatable bonds is 4. The topological polar surface area (TPSA) is 37.4 Å². The maximum absolute atomic E-state index is 13.6. The van der Waals surface area contributed by atoms with Crippen molar-refractivity contribution in [3.63, 3.8) is 0 Å². The van der Waals surface area contributed by atoms with Crippen LogP contribution in [0.15, 0.2) is 175 Å². The van der Waals surface area contributed by atoms with E-state index in [4.69, 9.17) is 0 Å². The first-order valence-electron chi connectivity index (χ1n) is 18.4. The average molecular weight is 694 g/mol. The van der Waals surface area contributed by atoms with Gasteiger partial charge in [-0.15, -0.1) is 0 Å². The SMILES string of the molecule is CC1(C)c2ccccc2N(c2cc(-c3ccccc3)cc(-c3ccccc3)c2)c2ccc3cc(C=C4C(=O)c5cc6ccccc6cc5C4=O)ccc3c21. The number of fused-ring (bicyclic) bond motifs is 6. The number of para-hydroxylation sites is 1. The van der Waals surface area contributed by atoms with Crippen molar-refractivity contribution in [3.8, 4) is 22.3 Å². The number of benzene rings is 8. The Balaban J connectivity index is 1.13. The van der Waals surface area contributed by atoms with Crippen LogP contribution in [-0.4, -0.2) is 11.6 Å². The van der Waals surface area contributed by atoms with Gasteiger partial charge in [0.05, 0.1) is 16.9 Å². The zero-order valence-electron chi connectivity index (χ0n) is 30.0. The highest BCUT2D eigenvalue weighted by molar-refractivity contribution is 6.42. The van der Waals surface area contributed by atoms with Crippen molar-refractivity contribution in [3.05, 3.63) is 203 Å². The van der Waals surface area contributed by atoms with Crippen molar-refractivity contribution in [2.75, 3.05) is 4.90 Å². The van der Waals surface area contributed by atoms with Crippen molar-refractivity contribution in [1.82, 2.24) is 0 Å². The van der Waals surface area contributed by atoms with Gasteiger partial charge < -0.3 is 4.90 Å². The van der Waals surface area contributed by atoms with Gasteiger partial charge in [0.2, 0.25) is 0 Å². The molecule has 0 atom stereocenters. The lowest BCUT2D eigenvalue weighted by Gasteiger charge is -2.43. The Morgan fingerprint density at radius 3 is 1.69 bits per heavy atom. The summed E-state index contributed by atoms with van der Waals surface area (Å²) in [6.45, 7) is 4.62. The molecule has 8 aromatic carbocycles. The quantitative estimate of drug-likeness (QED) is 0.136. The first-order chi connectivity index (χ1) is 26.3. The highest BCUT2D eigenvalue weighted by atomic mass is 16.2. The summed E-state index contributed by atoms with van der Waals surface area (Å²) in [5, 5.41) is 4.10. The van der Waals surface area contributed by atoms with Crippen LogP contribution < -0.4 is 4.90 Å². The van der Waals surface area contributed by atoms with E-state index in [2.05, 4.69) is 146 Å². The molecule has 256 valence electrons. The van der Waals surface area contributed by atoms with Gasteiger partial charge in [-0.1, -0.05) is 135 Å². The molecule has 1 aliphatic heterocycles. The maximum Gasteiger partial charge on any atom is 0.197 e. The van der Waals surface area contributed by atoms with E-state index in [9.17, 15) is 9.59 Å². The average Bonchev–Trinajstić information content (AvgIpc) is 3.44. The van der Waals surface area contributed by atoms with E-state index in [1.54, 1.807) is 6.08 Å². The number of carbonyl (C=O) groups excluding carboxylic acids is 2. The van der Waals surface area contributed by atoms with E-state index in [1.807, 2.05) is 42.5 Å². The molecule has 0 aromatic heterocycles. The van der Waals surface area contributed by atoms with Gasteiger partial charge in [0.15, 0.2) is 11.6 Å². The molecular weight excluding hydrogens is 659 g/mol. The van der Waals surface area contributed by atoms with E-state index in [0.717, 1.165) is 66.4 Å². The number of allylic oxidation sites excluding steroid dienone is 1. The molecule has 3 heteroatoms. The second-order valence-corrected chi connectivity index (χ2v) is 14.9. The lowest BCUT2D eigenvalue weighted by atomic mass is 9.71. The molecule has 0 radical (unpaired) electrons. The molecule has 8 aromatic rings. The lowest BCUT2D eigenvalue weighted by molar-refractivity contribution is 0.0990. The Kier molecular flexibility index (Phi) is 7.15. The minimum atomic E-state index is -0.317. The van der Waals surface area contributed by atoms with Crippen molar-refractivity contribution in [2.24, 2.45) is 0 Å². The van der Waals surface area contributed by atoms with Gasteiger partial charge in [-0.05, 0) is 115 Å². The molecule has 2 aliphatic rings. The molecule has 0 unspecified atom stereocenters. The third-order valence-electron chi connectivity index (χ3n) is 11.3. The zero-order valence-corrected chi connectivity index (χ0v) is 30.0. The van der Waals surface area contributed by atoms with Crippen LogP contribution in [0.2, 0.25) is 0 Å². The zero-order chi connectivity index (χ0) is 36.6. The molecular formula is C51H35NO2. The van der Waals surface area contributed by atoms with Crippen molar-refractivity contribution < 1.29 is 9.59 Å². The Morgan fingerprint density at radius 1 is 0.481 bits per heavy atom. The fraction of sp³-hybridized carbons (Fsp3) is 0.0588. The van der Waals surface area contributed by atoms with Gasteiger partial charge in [0.25, 0.3) is 0 Å². The van der Waals surface area contributed by atoms with Gasteiger partial charge >= 0.3 is 0 Å². The number of hydrogen-bond donors (Lipinski definition) is 0. The highest BCUT2D eigenvalue weighted by Gasteiger charge is 2.38. The smallest absolute Gasteiger partial charge is 0.197 e. The Labute approximate surface area is 314 Å². The minimum Gasteiger partial charge on any atom is -0.310 e. The summed E-state index contributed by atoms with van der Waals surface area (Å²) in [6, 6.07) is 59.0. The summed E-state index contributed by atoms with van der Waals surface area (Å²) < 4.78 is 0. The van der Waals surface area contributed by atoms with Gasteiger partial charge in [-0.25, -0.2) is 0 Å². The van der Waals surface area contributed by atoms with Crippen LogP contribution in [0, 0.1) is 0 Å². The summed E-state index contributed by atoms with van der Waals surface area (Å²) >= 11 is 0. The van der Waals surface area contributed by atoms with Crippen LogP contribution in [0.25, 0.3) is 49.9 Å². The minimum absolute atomic E-state index is 0.213. The molecule has 0 bridgehead atoms. The van der Waals surface area contributed by atoms with Crippen LogP contribution in [0.4, 0.5) is 17.1 Å². The molecule has 3 nitrogen and oxygen atoms in total. The lowest BCUT2D eigenvalue weighted by Crippen LogP contribution is -2.31. The summed E-state index contributed by atoms with van der Waals surface area (Å²) in [4.78, 5) is 29.7. The highest BCUT2D eigenvalue weighted by Crippen LogP contribution is 2.54. The number of nitrogens with zero attached hydrogens (tertiary/aromatic N) is 1. The van der Waals surface area contributed by atoms with Gasteiger partial charge in [-0.3, -0.25) is 9.59 Å². The van der Waals surface area contributed by atoms with Crippen LogP contribution in [0.5, 0.6) is 0 Å². The maximum atomic E-state index is 13.6. The van der Waals surface area contributed by atoms with Crippen molar-refractivity contribution >= 4 is 56.2 Å². The fourth-order valence-corrected chi connectivity index (χ4v) is 8.65. The van der Waals surface area contributed by atoms with E-state index >= 15 is 0 Å². The Morgan fingerprint density at radius 2 is 1.06 bits per heavy atom. The number of Topliss-reactive ketones (excluding diaryl/α,β-unsaturated/α-hetero) is 2. The van der Waals surface area contributed by atoms with E-state index in [0.29, 0.717) is 11.1 Å². The number of hydrogen-bond acceptors (Lipinski definition) is 3. The molecule has 10 rings (SSSR count). The van der Waals surface area contributed by atoms with Crippen LogP contribution in [0.1, 0.15) is 51.3 Å². The standard InChI is InChI=1S/C51H35NO2/c1-51(2)45-19-11-12-20-46(45)52(40-28-38(33-13-5-3-6-14-33)27-39(29-40)34-15-7-4-8-16-34)47-24-22-37-25-32(21-23-41(37)48(47)51)26-44-49(53)42-30-35-17-9-10-18-36(35)31-43(42)50(44)54/h3-31H,1-2H3. The van der Waals surface area contributed by atoms with E-state index < -0.39 is 0 Å². The third-order valence-corrected chi connectivity index (χ3v) is 11.3. The number of carbonyl (C=O) groups is 2. The Bertz CT molecular complexity index is 2770. The normalized spacial score (nSPS) is 14.3. The van der Waals surface area contributed by atoms with Crippen molar-refractivity contribution in [2.45, 2.75) is 19.3 Å². The molecule has 0 N–H and O–H groups in total. The van der Waals surface area contributed by atoms with Gasteiger partial charge in [-0.2, -0.15) is 0 Å². The molecule has 1 aliphatic carbocycles.